The van der Waals surface area contributed by atoms with Crippen molar-refractivity contribution in [3.63, 3.8) is 0 Å². The number of allylic oxidation sites excluding steroid dienone is 1. The Morgan fingerprint density at radius 2 is 2.00 bits per heavy atom. The fourth-order valence-corrected chi connectivity index (χ4v) is 1.52. The second-order valence-electron chi connectivity index (χ2n) is 3.92. The molecular weight excluding hydrogens is 256 g/mol. The van der Waals surface area contributed by atoms with Gasteiger partial charge in [0.05, 0.1) is 18.9 Å². The topological polar surface area (TPSA) is 71.4 Å². The molecule has 1 aromatic carbocycles. The number of benzene rings is 1. The van der Waals surface area contributed by atoms with Crippen molar-refractivity contribution in [3.05, 3.63) is 47.2 Å². The van der Waals surface area contributed by atoms with Crippen LogP contribution in [-0.4, -0.2) is 12.6 Å². The lowest BCUT2D eigenvalue weighted by Gasteiger charge is -2.11. The van der Waals surface area contributed by atoms with Crippen molar-refractivity contribution in [2.45, 2.75) is 26.9 Å². The van der Waals surface area contributed by atoms with Gasteiger partial charge in [-0.2, -0.15) is 5.26 Å². The smallest absolute Gasteiger partial charge is 0.350 e. The lowest BCUT2D eigenvalue weighted by molar-refractivity contribution is -0.138. The monoisotopic (exact) mass is 274 g/mol. The number of carbonyl (C=O) groups excluding carboxylic acids is 1. The van der Waals surface area contributed by atoms with Crippen LogP contribution in [0.5, 0.6) is 0 Å². The van der Waals surface area contributed by atoms with Gasteiger partial charge in [-0.05, 0) is 18.9 Å². The highest BCUT2D eigenvalue weighted by atomic mass is 16.6. The molecule has 0 bridgehead atoms. The molecule has 0 heterocycles. The summed E-state index contributed by atoms with van der Waals surface area (Å²) < 4.78 is 4.83. The highest BCUT2D eigenvalue weighted by Gasteiger charge is 2.15. The van der Waals surface area contributed by atoms with Gasteiger partial charge in [0.25, 0.3) is 0 Å². The molecule has 0 saturated heterocycles. The Morgan fingerprint density at radius 3 is 2.55 bits per heavy atom. The van der Waals surface area contributed by atoms with Crippen molar-refractivity contribution in [3.8, 4) is 6.07 Å². The molecule has 0 aromatic heterocycles. The molecule has 106 valence electrons. The highest BCUT2D eigenvalue weighted by Crippen LogP contribution is 2.08. The van der Waals surface area contributed by atoms with Crippen LogP contribution in [0.2, 0.25) is 0 Å². The van der Waals surface area contributed by atoms with Gasteiger partial charge in [-0.3, -0.25) is 10.3 Å². The molecular formula is C15H18N2O3. The Bertz CT molecular complexity index is 504. The van der Waals surface area contributed by atoms with Crippen LogP contribution in [0.3, 0.4) is 0 Å². The van der Waals surface area contributed by atoms with E-state index in [0.29, 0.717) is 18.7 Å². The van der Waals surface area contributed by atoms with Gasteiger partial charge >= 0.3 is 5.97 Å². The zero-order valence-corrected chi connectivity index (χ0v) is 11.7. The first-order chi connectivity index (χ1) is 9.72. The Balaban J connectivity index is 2.65. The minimum absolute atomic E-state index is 0.0533. The largest absolute Gasteiger partial charge is 0.462 e. The molecule has 1 N–H and O–H groups in total. The fourth-order valence-electron chi connectivity index (χ4n) is 1.52. The van der Waals surface area contributed by atoms with E-state index in [0.717, 1.165) is 5.56 Å². The molecule has 0 amide bonds. The molecule has 0 aliphatic rings. The van der Waals surface area contributed by atoms with Gasteiger partial charge in [0.2, 0.25) is 0 Å². The number of esters is 1. The summed E-state index contributed by atoms with van der Waals surface area (Å²) in [6, 6.07) is 11.4. The van der Waals surface area contributed by atoms with Gasteiger partial charge in [-0.25, -0.2) is 4.79 Å². The maximum Gasteiger partial charge on any atom is 0.350 e. The van der Waals surface area contributed by atoms with Crippen LogP contribution in [0.1, 0.15) is 25.8 Å². The van der Waals surface area contributed by atoms with Crippen molar-refractivity contribution < 1.29 is 14.4 Å². The lowest BCUT2D eigenvalue weighted by atomic mass is 10.2. The summed E-state index contributed by atoms with van der Waals surface area (Å²) in [6.45, 7) is 4.08. The standard InChI is InChI=1S/C15H18N2O3/c1-3-14(13(10-16)15(18)19-4-2)17-20-11-12-8-6-5-7-9-12/h5-9,17H,3-4,11H2,1-2H3/b14-13+. The Kier molecular flexibility index (Phi) is 6.87. The van der Waals surface area contributed by atoms with E-state index in [9.17, 15) is 4.79 Å². The molecule has 5 heteroatoms. The first kappa shape index (κ1) is 15.7. The number of nitrogens with one attached hydrogen (secondary N) is 1. The Hall–Kier alpha value is -2.32. The summed E-state index contributed by atoms with van der Waals surface area (Å²) in [7, 11) is 0. The number of hydroxylamine groups is 1. The number of nitrogens with zero attached hydrogens (tertiary/aromatic N) is 1. The van der Waals surface area contributed by atoms with E-state index in [1.54, 1.807) is 6.92 Å². The normalized spacial score (nSPS) is 11.2. The minimum atomic E-state index is -0.636. The van der Waals surface area contributed by atoms with Crippen LogP contribution >= 0.6 is 0 Å². The molecule has 0 spiro atoms. The first-order valence-electron chi connectivity index (χ1n) is 6.45. The molecule has 0 aliphatic heterocycles. The molecule has 5 nitrogen and oxygen atoms in total. The van der Waals surface area contributed by atoms with E-state index in [2.05, 4.69) is 5.48 Å². The lowest BCUT2D eigenvalue weighted by Crippen LogP contribution is -2.19. The van der Waals surface area contributed by atoms with Crippen molar-refractivity contribution in [2.75, 3.05) is 6.61 Å². The van der Waals surface area contributed by atoms with Gasteiger partial charge in [0.15, 0.2) is 5.57 Å². The zero-order valence-electron chi connectivity index (χ0n) is 11.7. The molecule has 1 rings (SSSR count). The van der Waals surface area contributed by atoms with Gasteiger partial charge < -0.3 is 4.74 Å². The maximum atomic E-state index is 11.6. The number of carbonyl (C=O) groups is 1. The number of rotatable bonds is 7. The Labute approximate surface area is 118 Å². The SMILES string of the molecule is CCOC(=O)/C(C#N)=C(\CC)NOCc1ccccc1. The molecule has 1 aromatic rings. The van der Waals surface area contributed by atoms with E-state index in [-0.39, 0.29) is 12.2 Å². The molecule has 0 saturated carbocycles. The highest BCUT2D eigenvalue weighted by molar-refractivity contribution is 5.93. The van der Waals surface area contributed by atoms with Crippen LogP contribution in [0.4, 0.5) is 0 Å². The molecule has 0 atom stereocenters. The molecule has 0 aliphatic carbocycles. The van der Waals surface area contributed by atoms with Gasteiger partial charge in [-0.1, -0.05) is 37.3 Å². The molecule has 0 unspecified atom stereocenters. The van der Waals surface area contributed by atoms with E-state index in [1.807, 2.05) is 43.3 Å². The summed E-state index contributed by atoms with van der Waals surface area (Å²) in [6.07, 6.45) is 0.469. The van der Waals surface area contributed by atoms with Gasteiger partial charge in [-0.15, -0.1) is 0 Å². The molecule has 0 fully saturated rings. The van der Waals surface area contributed by atoms with Crippen molar-refractivity contribution in [2.24, 2.45) is 0 Å². The van der Waals surface area contributed by atoms with Crippen LogP contribution in [0, 0.1) is 11.3 Å². The predicted octanol–water partition coefficient (Wildman–Crippen LogP) is 2.46. The van der Waals surface area contributed by atoms with Crippen molar-refractivity contribution >= 4 is 5.97 Å². The van der Waals surface area contributed by atoms with Gasteiger partial charge in [0.1, 0.15) is 6.07 Å². The summed E-state index contributed by atoms with van der Waals surface area (Å²) in [5, 5.41) is 9.04. The van der Waals surface area contributed by atoms with Gasteiger partial charge in [0, 0.05) is 0 Å². The molecule has 0 radical (unpaired) electrons. The number of hydrogen-bond acceptors (Lipinski definition) is 5. The average molecular weight is 274 g/mol. The third-order valence-corrected chi connectivity index (χ3v) is 2.52. The predicted molar refractivity (Wildman–Crippen MR) is 73.9 cm³/mol. The quantitative estimate of drug-likeness (QED) is 0.358. The summed E-state index contributed by atoms with van der Waals surface area (Å²) in [5.74, 6) is -0.636. The zero-order chi connectivity index (χ0) is 14.8. The third kappa shape index (κ3) is 4.75. The van der Waals surface area contributed by atoms with Crippen LogP contribution in [-0.2, 0) is 21.0 Å². The van der Waals surface area contributed by atoms with E-state index in [4.69, 9.17) is 14.8 Å². The van der Waals surface area contributed by atoms with E-state index in [1.165, 1.54) is 0 Å². The van der Waals surface area contributed by atoms with E-state index >= 15 is 0 Å². The maximum absolute atomic E-state index is 11.6. The molecule has 20 heavy (non-hydrogen) atoms. The number of nitriles is 1. The average Bonchev–Trinajstić information content (AvgIpc) is 2.47. The number of ether oxygens (including phenoxy) is 1. The summed E-state index contributed by atoms with van der Waals surface area (Å²) in [4.78, 5) is 16.9. The first-order valence-corrected chi connectivity index (χ1v) is 6.45. The van der Waals surface area contributed by atoms with E-state index < -0.39 is 5.97 Å². The summed E-state index contributed by atoms with van der Waals surface area (Å²) >= 11 is 0. The van der Waals surface area contributed by atoms with Crippen LogP contribution in [0.25, 0.3) is 0 Å². The fraction of sp³-hybridized carbons (Fsp3) is 0.333. The van der Waals surface area contributed by atoms with Crippen LogP contribution in [0.15, 0.2) is 41.6 Å². The Morgan fingerprint density at radius 1 is 1.30 bits per heavy atom. The third-order valence-electron chi connectivity index (χ3n) is 2.52. The number of hydrogen-bond donors (Lipinski definition) is 1. The van der Waals surface area contributed by atoms with Crippen molar-refractivity contribution in [1.82, 2.24) is 5.48 Å². The van der Waals surface area contributed by atoms with Crippen LogP contribution < -0.4 is 5.48 Å². The summed E-state index contributed by atoms with van der Waals surface area (Å²) in [5.41, 5.74) is 4.02. The second kappa shape index (κ2) is 8.73. The second-order valence-corrected chi connectivity index (χ2v) is 3.92. The minimum Gasteiger partial charge on any atom is -0.462 e. The van der Waals surface area contributed by atoms with Crippen molar-refractivity contribution in [1.29, 1.82) is 5.26 Å².